The number of hydrogen-bond acceptors (Lipinski definition) is 8. The molecule has 1 saturated heterocycles. The second-order valence-electron chi connectivity index (χ2n) is 4.64. The average molecular weight is 287 g/mol. The van der Waals surface area contributed by atoms with E-state index in [0.717, 1.165) is 4.57 Å². The van der Waals surface area contributed by atoms with E-state index in [4.69, 9.17) is 15.6 Å². The van der Waals surface area contributed by atoms with E-state index in [1.165, 1.54) is 12.3 Å². The van der Waals surface area contributed by atoms with Crippen LogP contribution in [-0.4, -0.2) is 61.0 Å². The predicted molar refractivity (Wildman–Crippen MR) is 66.5 cm³/mol. The van der Waals surface area contributed by atoms with Crippen molar-refractivity contribution in [3.63, 3.8) is 0 Å². The third kappa shape index (κ3) is 2.81. The number of aliphatic hydroxyl groups is 4. The summed E-state index contributed by atoms with van der Waals surface area (Å²) in [5, 5.41) is 38.4. The van der Waals surface area contributed by atoms with E-state index in [0.29, 0.717) is 0 Å². The lowest BCUT2D eigenvalue weighted by molar-refractivity contribution is -0.132. The fraction of sp³-hybridized carbons (Fsp3) is 0.636. The molecule has 9 nitrogen and oxygen atoms in total. The standard InChI is InChI=1S/C11H17N3O6/c12-7-1-2-14(11(19)13-7)8-3-5(16)9(17)10(18)6(4-15)20-8/h1-2,5-6,8-10,15-18H,3-4H2,(H2,12,13,19)/t5-,6-,8?,9-,10-/m1/s1. The van der Waals surface area contributed by atoms with Crippen molar-refractivity contribution >= 4 is 5.82 Å². The van der Waals surface area contributed by atoms with Crippen molar-refractivity contribution < 1.29 is 25.2 Å². The number of nitrogens with zero attached hydrogens (tertiary/aromatic N) is 2. The van der Waals surface area contributed by atoms with Crippen LogP contribution in [0.25, 0.3) is 0 Å². The Labute approximate surface area is 113 Å². The smallest absolute Gasteiger partial charge is 0.351 e. The highest BCUT2D eigenvalue weighted by atomic mass is 16.5. The molecule has 1 aromatic heterocycles. The average Bonchev–Trinajstić information content (AvgIpc) is 2.51. The first-order valence-electron chi connectivity index (χ1n) is 6.09. The van der Waals surface area contributed by atoms with E-state index in [1.807, 2.05) is 0 Å². The van der Waals surface area contributed by atoms with Crippen LogP contribution in [0.5, 0.6) is 0 Å². The van der Waals surface area contributed by atoms with Gasteiger partial charge in [-0.3, -0.25) is 4.57 Å². The number of ether oxygens (including phenoxy) is 1. The van der Waals surface area contributed by atoms with Crippen LogP contribution in [0.15, 0.2) is 17.1 Å². The van der Waals surface area contributed by atoms with E-state index in [9.17, 15) is 20.1 Å². The maximum Gasteiger partial charge on any atom is 0.351 e. The minimum Gasteiger partial charge on any atom is -0.394 e. The van der Waals surface area contributed by atoms with Gasteiger partial charge in [-0.1, -0.05) is 0 Å². The molecule has 1 aliphatic heterocycles. The van der Waals surface area contributed by atoms with Crippen molar-refractivity contribution in [2.45, 2.75) is 37.1 Å². The van der Waals surface area contributed by atoms with Crippen LogP contribution in [0.3, 0.4) is 0 Å². The molecule has 1 fully saturated rings. The quantitative estimate of drug-likeness (QED) is 0.391. The highest BCUT2D eigenvalue weighted by Gasteiger charge is 2.39. The van der Waals surface area contributed by atoms with Gasteiger partial charge in [0.2, 0.25) is 0 Å². The molecule has 2 heterocycles. The first-order valence-corrected chi connectivity index (χ1v) is 6.09. The molecule has 0 saturated carbocycles. The molecule has 2 rings (SSSR count). The van der Waals surface area contributed by atoms with E-state index in [1.54, 1.807) is 0 Å². The van der Waals surface area contributed by atoms with E-state index in [2.05, 4.69) is 4.98 Å². The molecule has 0 radical (unpaired) electrons. The summed E-state index contributed by atoms with van der Waals surface area (Å²) in [6, 6.07) is 1.38. The minimum atomic E-state index is -1.48. The Bertz CT molecular complexity index is 521. The Morgan fingerprint density at radius 3 is 2.70 bits per heavy atom. The summed E-state index contributed by atoms with van der Waals surface area (Å²) in [6.07, 6.45) is -5.16. The minimum absolute atomic E-state index is 0.0409. The van der Waals surface area contributed by atoms with Gasteiger partial charge in [-0.15, -0.1) is 0 Å². The Morgan fingerprint density at radius 1 is 1.40 bits per heavy atom. The molecule has 1 unspecified atom stereocenters. The number of rotatable bonds is 2. The van der Waals surface area contributed by atoms with Gasteiger partial charge in [0.1, 0.15) is 30.4 Å². The van der Waals surface area contributed by atoms with Crippen molar-refractivity contribution in [1.82, 2.24) is 9.55 Å². The lowest BCUT2D eigenvalue weighted by atomic mass is 10.0. The molecule has 20 heavy (non-hydrogen) atoms. The van der Waals surface area contributed by atoms with E-state index < -0.39 is 42.9 Å². The SMILES string of the molecule is Nc1ccn(C2C[C@@H](O)[C@@H](O)[C@H](O)[C@@H](CO)O2)c(=O)n1. The molecular weight excluding hydrogens is 270 g/mol. The van der Waals surface area contributed by atoms with Crippen LogP contribution in [0.4, 0.5) is 5.82 Å². The van der Waals surface area contributed by atoms with Crippen LogP contribution in [0.2, 0.25) is 0 Å². The summed E-state index contributed by atoms with van der Waals surface area (Å²) in [5.41, 5.74) is 4.69. The molecule has 0 aliphatic carbocycles. The zero-order valence-corrected chi connectivity index (χ0v) is 10.5. The van der Waals surface area contributed by atoms with E-state index >= 15 is 0 Å². The Kier molecular flexibility index (Phi) is 4.35. The summed E-state index contributed by atoms with van der Waals surface area (Å²) >= 11 is 0. The van der Waals surface area contributed by atoms with Gasteiger partial charge in [-0.2, -0.15) is 4.98 Å². The maximum absolute atomic E-state index is 11.7. The van der Waals surface area contributed by atoms with Gasteiger partial charge in [0.05, 0.1) is 12.7 Å². The Balaban J connectivity index is 2.33. The molecule has 0 amide bonds. The fourth-order valence-corrected chi connectivity index (χ4v) is 2.11. The second kappa shape index (κ2) is 5.85. The molecule has 0 bridgehead atoms. The Hall–Kier alpha value is -1.52. The van der Waals surface area contributed by atoms with Crippen LogP contribution in [0.1, 0.15) is 12.6 Å². The molecule has 0 aromatic carbocycles. The van der Waals surface area contributed by atoms with Crippen molar-refractivity contribution in [3.05, 3.63) is 22.7 Å². The van der Waals surface area contributed by atoms with E-state index in [-0.39, 0.29) is 12.2 Å². The number of aromatic nitrogens is 2. The van der Waals surface area contributed by atoms with Crippen LogP contribution >= 0.6 is 0 Å². The van der Waals surface area contributed by atoms with Crippen molar-refractivity contribution in [2.75, 3.05) is 12.3 Å². The van der Waals surface area contributed by atoms with Gasteiger partial charge < -0.3 is 30.9 Å². The third-order valence-corrected chi connectivity index (χ3v) is 3.24. The maximum atomic E-state index is 11.7. The summed E-state index contributed by atoms with van der Waals surface area (Å²) in [7, 11) is 0. The van der Waals surface area contributed by atoms with Gasteiger partial charge >= 0.3 is 5.69 Å². The van der Waals surface area contributed by atoms with Gasteiger partial charge in [0.25, 0.3) is 0 Å². The highest BCUT2D eigenvalue weighted by Crippen LogP contribution is 2.25. The zero-order valence-electron chi connectivity index (χ0n) is 10.5. The fourth-order valence-electron chi connectivity index (χ4n) is 2.11. The summed E-state index contributed by atoms with van der Waals surface area (Å²) in [5.74, 6) is 0.0409. The topological polar surface area (TPSA) is 151 Å². The summed E-state index contributed by atoms with van der Waals surface area (Å²) in [4.78, 5) is 15.3. The highest BCUT2D eigenvalue weighted by molar-refractivity contribution is 5.23. The molecule has 0 spiro atoms. The first kappa shape index (κ1) is 14.9. The molecule has 1 aliphatic rings. The number of nitrogens with two attached hydrogens (primary N) is 1. The van der Waals surface area contributed by atoms with Gasteiger partial charge in [-0.05, 0) is 6.07 Å². The lowest BCUT2D eigenvalue weighted by Gasteiger charge is -2.24. The van der Waals surface area contributed by atoms with Crippen molar-refractivity contribution in [2.24, 2.45) is 0 Å². The zero-order chi connectivity index (χ0) is 14.9. The second-order valence-corrected chi connectivity index (χ2v) is 4.64. The number of anilines is 1. The molecule has 112 valence electrons. The van der Waals surface area contributed by atoms with Gasteiger partial charge in [-0.25, -0.2) is 4.79 Å². The lowest BCUT2D eigenvalue weighted by Crippen LogP contribution is -2.44. The normalized spacial score (nSPS) is 34.7. The first-order chi connectivity index (χ1) is 9.43. The third-order valence-electron chi connectivity index (χ3n) is 3.24. The van der Waals surface area contributed by atoms with Crippen LogP contribution < -0.4 is 11.4 Å². The predicted octanol–water partition coefficient (Wildman–Crippen LogP) is -2.81. The molecular formula is C11H17N3O6. The number of nitrogen functional groups attached to an aromatic ring is 1. The monoisotopic (exact) mass is 287 g/mol. The van der Waals surface area contributed by atoms with Gasteiger partial charge in [0, 0.05) is 12.6 Å². The van der Waals surface area contributed by atoms with Gasteiger partial charge in [0.15, 0.2) is 0 Å². The van der Waals surface area contributed by atoms with Crippen molar-refractivity contribution in [3.8, 4) is 0 Å². The van der Waals surface area contributed by atoms with Crippen molar-refractivity contribution in [1.29, 1.82) is 0 Å². The molecule has 6 N–H and O–H groups in total. The molecule has 1 aromatic rings. The van der Waals surface area contributed by atoms with Crippen LogP contribution in [0, 0.1) is 0 Å². The Morgan fingerprint density at radius 2 is 2.10 bits per heavy atom. The summed E-state index contributed by atoms with van der Waals surface area (Å²) in [6.45, 7) is -0.571. The number of aliphatic hydroxyl groups excluding tert-OH is 4. The number of hydrogen-bond donors (Lipinski definition) is 5. The van der Waals surface area contributed by atoms with Crippen LogP contribution in [-0.2, 0) is 4.74 Å². The molecule has 9 heteroatoms. The largest absolute Gasteiger partial charge is 0.394 e. The molecule has 5 atom stereocenters. The summed E-state index contributed by atoms with van der Waals surface area (Å²) < 4.78 is 6.46.